The van der Waals surface area contributed by atoms with E-state index < -0.39 is 0 Å². The van der Waals surface area contributed by atoms with E-state index in [1.807, 2.05) is 25.1 Å². The zero-order valence-corrected chi connectivity index (χ0v) is 11.4. The normalized spacial score (nSPS) is 10.4. The Morgan fingerprint density at radius 1 is 1.28 bits per heavy atom. The van der Waals surface area contributed by atoms with Crippen molar-refractivity contribution in [2.75, 3.05) is 36.9 Å². The van der Waals surface area contributed by atoms with E-state index in [9.17, 15) is 0 Å². The summed E-state index contributed by atoms with van der Waals surface area (Å²) in [4.78, 5) is 2.16. The summed E-state index contributed by atoms with van der Waals surface area (Å²) in [5, 5.41) is 9.13. The fourth-order valence-corrected chi connectivity index (χ4v) is 1.84. The standard InChI is InChI=1S/C14H24N2O2/c1-3-5-8-16(9-10-17)12-6-7-13(15)14(11-12)18-4-2/h6-7,11,17H,3-5,8-10,15H2,1-2H3. The van der Waals surface area contributed by atoms with Crippen molar-refractivity contribution < 1.29 is 9.84 Å². The largest absolute Gasteiger partial charge is 0.492 e. The second-order valence-corrected chi connectivity index (χ2v) is 4.22. The quantitative estimate of drug-likeness (QED) is 0.697. The molecule has 0 aromatic heterocycles. The van der Waals surface area contributed by atoms with Gasteiger partial charge in [0.1, 0.15) is 5.75 Å². The van der Waals surface area contributed by atoms with Crippen LogP contribution in [-0.4, -0.2) is 31.4 Å². The van der Waals surface area contributed by atoms with Gasteiger partial charge in [0, 0.05) is 24.8 Å². The second-order valence-electron chi connectivity index (χ2n) is 4.22. The van der Waals surface area contributed by atoms with E-state index in [4.69, 9.17) is 15.6 Å². The van der Waals surface area contributed by atoms with Crippen molar-refractivity contribution in [1.82, 2.24) is 0 Å². The Labute approximate surface area is 109 Å². The van der Waals surface area contributed by atoms with Gasteiger partial charge in [-0.15, -0.1) is 0 Å². The maximum Gasteiger partial charge on any atom is 0.144 e. The summed E-state index contributed by atoms with van der Waals surface area (Å²) >= 11 is 0. The second kappa shape index (κ2) is 7.82. The predicted octanol–water partition coefficient (Wildman–Crippen LogP) is 2.27. The van der Waals surface area contributed by atoms with Gasteiger partial charge >= 0.3 is 0 Å². The van der Waals surface area contributed by atoms with Crippen LogP contribution in [0.1, 0.15) is 26.7 Å². The molecular formula is C14H24N2O2. The molecular weight excluding hydrogens is 228 g/mol. The summed E-state index contributed by atoms with van der Waals surface area (Å²) in [5.41, 5.74) is 7.56. The van der Waals surface area contributed by atoms with E-state index in [-0.39, 0.29) is 6.61 Å². The lowest BCUT2D eigenvalue weighted by Crippen LogP contribution is -2.27. The Morgan fingerprint density at radius 2 is 2.06 bits per heavy atom. The first-order chi connectivity index (χ1) is 8.72. The minimum Gasteiger partial charge on any atom is -0.492 e. The van der Waals surface area contributed by atoms with Crippen molar-refractivity contribution >= 4 is 11.4 Å². The van der Waals surface area contributed by atoms with Crippen LogP contribution >= 0.6 is 0 Å². The molecule has 1 aromatic rings. The van der Waals surface area contributed by atoms with Crippen LogP contribution in [0, 0.1) is 0 Å². The number of aliphatic hydroxyl groups is 1. The van der Waals surface area contributed by atoms with Gasteiger partial charge in [0.2, 0.25) is 0 Å². The lowest BCUT2D eigenvalue weighted by Gasteiger charge is -2.24. The number of nitrogens with two attached hydrogens (primary N) is 1. The molecule has 102 valence electrons. The van der Waals surface area contributed by atoms with E-state index in [0.29, 0.717) is 18.8 Å². The van der Waals surface area contributed by atoms with Crippen LogP contribution in [0.25, 0.3) is 0 Å². The molecule has 0 aliphatic carbocycles. The van der Waals surface area contributed by atoms with Gasteiger partial charge in [-0.25, -0.2) is 0 Å². The molecule has 0 aliphatic rings. The molecule has 0 saturated carbocycles. The van der Waals surface area contributed by atoms with Crippen LogP contribution in [0.3, 0.4) is 0 Å². The zero-order chi connectivity index (χ0) is 13.4. The molecule has 3 N–H and O–H groups in total. The van der Waals surface area contributed by atoms with Gasteiger partial charge in [0.25, 0.3) is 0 Å². The highest BCUT2D eigenvalue weighted by Gasteiger charge is 2.08. The van der Waals surface area contributed by atoms with Gasteiger partial charge < -0.3 is 20.5 Å². The van der Waals surface area contributed by atoms with Crippen LogP contribution in [0.2, 0.25) is 0 Å². The summed E-state index contributed by atoms with van der Waals surface area (Å²) in [6.45, 7) is 6.42. The molecule has 4 heteroatoms. The van der Waals surface area contributed by atoms with Gasteiger partial charge in [-0.1, -0.05) is 13.3 Å². The summed E-state index contributed by atoms with van der Waals surface area (Å²) in [6, 6.07) is 5.78. The molecule has 0 radical (unpaired) electrons. The van der Waals surface area contributed by atoms with Crippen molar-refractivity contribution in [2.24, 2.45) is 0 Å². The van der Waals surface area contributed by atoms with Crippen molar-refractivity contribution in [3.8, 4) is 5.75 Å². The Balaban J connectivity index is 2.85. The first-order valence-electron chi connectivity index (χ1n) is 6.61. The topological polar surface area (TPSA) is 58.7 Å². The molecule has 0 aliphatic heterocycles. The SMILES string of the molecule is CCCCN(CCO)c1ccc(N)c(OCC)c1. The van der Waals surface area contributed by atoms with Crippen molar-refractivity contribution in [3.05, 3.63) is 18.2 Å². The monoisotopic (exact) mass is 252 g/mol. The number of nitrogen functional groups attached to an aromatic ring is 1. The van der Waals surface area contributed by atoms with Gasteiger partial charge in [0.15, 0.2) is 0 Å². The highest BCUT2D eigenvalue weighted by molar-refractivity contribution is 5.62. The maximum atomic E-state index is 9.13. The Hall–Kier alpha value is -1.42. The molecule has 1 rings (SSSR count). The lowest BCUT2D eigenvalue weighted by atomic mass is 10.2. The van der Waals surface area contributed by atoms with Crippen LogP contribution in [0.15, 0.2) is 18.2 Å². The Kier molecular flexibility index (Phi) is 6.36. The third kappa shape index (κ3) is 4.11. The third-order valence-corrected chi connectivity index (χ3v) is 2.81. The van der Waals surface area contributed by atoms with E-state index in [2.05, 4.69) is 11.8 Å². The van der Waals surface area contributed by atoms with Crippen LogP contribution in [0.5, 0.6) is 5.75 Å². The lowest BCUT2D eigenvalue weighted by molar-refractivity contribution is 0.301. The molecule has 0 saturated heterocycles. The zero-order valence-electron chi connectivity index (χ0n) is 11.4. The number of rotatable bonds is 8. The fourth-order valence-electron chi connectivity index (χ4n) is 1.84. The van der Waals surface area contributed by atoms with Gasteiger partial charge in [-0.3, -0.25) is 0 Å². The molecule has 0 amide bonds. The Bertz CT molecular complexity index is 356. The van der Waals surface area contributed by atoms with Crippen molar-refractivity contribution in [2.45, 2.75) is 26.7 Å². The molecule has 0 fully saturated rings. The average Bonchev–Trinajstić information content (AvgIpc) is 2.37. The minimum absolute atomic E-state index is 0.151. The maximum absolute atomic E-state index is 9.13. The van der Waals surface area contributed by atoms with E-state index in [1.165, 1.54) is 0 Å². The molecule has 18 heavy (non-hydrogen) atoms. The van der Waals surface area contributed by atoms with Crippen molar-refractivity contribution in [1.29, 1.82) is 0 Å². The number of nitrogens with zero attached hydrogens (tertiary/aromatic N) is 1. The van der Waals surface area contributed by atoms with E-state index >= 15 is 0 Å². The molecule has 0 unspecified atom stereocenters. The molecule has 0 heterocycles. The number of aliphatic hydroxyl groups excluding tert-OH is 1. The first-order valence-corrected chi connectivity index (χ1v) is 6.61. The van der Waals surface area contributed by atoms with Gasteiger partial charge in [-0.2, -0.15) is 0 Å². The van der Waals surface area contributed by atoms with Gasteiger partial charge in [-0.05, 0) is 25.5 Å². The predicted molar refractivity (Wildman–Crippen MR) is 76.2 cm³/mol. The van der Waals surface area contributed by atoms with E-state index in [1.54, 1.807) is 0 Å². The first kappa shape index (κ1) is 14.6. The van der Waals surface area contributed by atoms with Crippen LogP contribution in [0.4, 0.5) is 11.4 Å². The molecule has 0 atom stereocenters. The fraction of sp³-hybridized carbons (Fsp3) is 0.571. The third-order valence-electron chi connectivity index (χ3n) is 2.81. The molecule has 0 bridgehead atoms. The number of hydrogen-bond acceptors (Lipinski definition) is 4. The number of hydrogen-bond donors (Lipinski definition) is 2. The summed E-state index contributed by atoms with van der Waals surface area (Å²) in [7, 11) is 0. The summed E-state index contributed by atoms with van der Waals surface area (Å²) in [6.07, 6.45) is 2.24. The van der Waals surface area contributed by atoms with Crippen LogP contribution < -0.4 is 15.4 Å². The average molecular weight is 252 g/mol. The van der Waals surface area contributed by atoms with Crippen LogP contribution in [-0.2, 0) is 0 Å². The molecule has 1 aromatic carbocycles. The highest BCUT2D eigenvalue weighted by Crippen LogP contribution is 2.27. The summed E-state index contributed by atoms with van der Waals surface area (Å²) in [5.74, 6) is 0.717. The number of unbranched alkanes of at least 4 members (excludes halogenated alkanes) is 1. The number of anilines is 2. The Morgan fingerprint density at radius 3 is 2.67 bits per heavy atom. The van der Waals surface area contributed by atoms with E-state index in [0.717, 1.165) is 30.8 Å². The molecule has 4 nitrogen and oxygen atoms in total. The number of ether oxygens (including phenoxy) is 1. The minimum atomic E-state index is 0.151. The summed E-state index contributed by atoms with van der Waals surface area (Å²) < 4.78 is 5.50. The molecule has 0 spiro atoms. The number of benzene rings is 1. The van der Waals surface area contributed by atoms with Crippen molar-refractivity contribution in [3.63, 3.8) is 0 Å². The van der Waals surface area contributed by atoms with Gasteiger partial charge in [0.05, 0.1) is 18.9 Å². The highest BCUT2D eigenvalue weighted by atomic mass is 16.5. The smallest absolute Gasteiger partial charge is 0.144 e.